The van der Waals surface area contributed by atoms with Crippen molar-refractivity contribution in [2.45, 2.75) is 12.8 Å². The van der Waals surface area contributed by atoms with Gasteiger partial charge in [-0.3, -0.25) is 0 Å². The van der Waals surface area contributed by atoms with E-state index in [1.165, 1.54) is 18.2 Å². The van der Waals surface area contributed by atoms with Gasteiger partial charge in [0.15, 0.2) is 0 Å². The predicted molar refractivity (Wildman–Crippen MR) is 111 cm³/mol. The van der Waals surface area contributed by atoms with Gasteiger partial charge in [-0.25, -0.2) is 9.37 Å². The zero-order valence-electron chi connectivity index (χ0n) is 17.2. The van der Waals surface area contributed by atoms with Gasteiger partial charge in [-0.05, 0) is 53.8 Å². The van der Waals surface area contributed by atoms with Crippen molar-refractivity contribution < 1.29 is 48.6 Å². The molecule has 0 atom stereocenters. The van der Waals surface area contributed by atoms with Gasteiger partial charge >= 0.3 is 29.6 Å². The Kier molecular flexibility index (Phi) is 5.84. The molecule has 0 fully saturated rings. The summed E-state index contributed by atoms with van der Waals surface area (Å²) in [5.74, 6) is -1.01. The standard InChI is InChI=1S/C25H18FNO3.Na/c1-30-22-5-3-2-4-17(22)14-6-9-18-15(12-14)7-10-19-23(25(28)29)20-13-16(26)8-11-21(20)27-24(18)19;/h2-6,8-9,11-13H,7,10H2,1H3,(H,28,29);/q;+1/p-1. The molecule has 0 N–H and O–H groups in total. The summed E-state index contributed by atoms with van der Waals surface area (Å²) in [5, 5.41) is 12.2. The first-order valence-electron chi connectivity index (χ1n) is 9.67. The summed E-state index contributed by atoms with van der Waals surface area (Å²) in [5.41, 5.74) is 5.70. The molecular formula is C25H17FNNaO3. The average Bonchev–Trinajstić information content (AvgIpc) is 2.76. The molecule has 4 aromatic rings. The van der Waals surface area contributed by atoms with Crippen molar-refractivity contribution in [1.29, 1.82) is 0 Å². The second-order valence-corrected chi connectivity index (χ2v) is 7.34. The molecule has 0 aliphatic heterocycles. The number of aromatic carboxylic acids is 1. The minimum absolute atomic E-state index is 0. The third kappa shape index (κ3) is 3.63. The summed E-state index contributed by atoms with van der Waals surface area (Å²) < 4.78 is 19.3. The molecule has 0 saturated carbocycles. The van der Waals surface area contributed by atoms with Gasteiger partial charge in [0.2, 0.25) is 0 Å². The molecule has 1 aliphatic rings. The zero-order chi connectivity index (χ0) is 20.8. The van der Waals surface area contributed by atoms with Gasteiger partial charge in [0.05, 0.1) is 24.3 Å². The molecule has 0 bridgehead atoms. The number of ether oxygens (including phenoxy) is 1. The minimum Gasteiger partial charge on any atom is -0.545 e. The van der Waals surface area contributed by atoms with Crippen molar-refractivity contribution in [2.24, 2.45) is 0 Å². The maximum Gasteiger partial charge on any atom is 1.00 e. The summed E-state index contributed by atoms with van der Waals surface area (Å²) in [4.78, 5) is 16.6. The van der Waals surface area contributed by atoms with Gasteiger partial charge in [0.25, 0.3) is 0 Å². The second-order valence-electron chi connectivity index (χ2n) is 7.34. The van der Waals surface area contributed by atoms with Gasteiger partial charge < -0.3 is 14.6 Å². The monoisotopic (exact) mass is 421 g/mol. The van der Waals surface area contributed by atoms with Crippen LogP contribution in [0.1, 0.15) is 21.5 Å². The molecule has 1 aliphatic carbocycles. The van der Waals surface area contributed by atoms with Gasteiger partial charge in [-0.15, -0.1) is 0 Å². The molecule has 0 radical (unpaired) electrons. The first kappa shape index (κ1) is 21.5. The van der Waals surface area contributed by atoms with Gasteiger partial charge in [0, 0.05) is 22.1 Å². The van der Waals surface area contributed by atoms with E-state index in [0.29, 0.717) is 29.6 Å². The Morgan fingerprint density at radius 1 is 1.03 bits per heavy atom. The van der Waals surface area contributed by atoms with Gasteiger partial charge in [-0.1, -0.05) is 36.4 Å². The van der Waals surface area contributed by atoms with Crippen molar-refractivity contribution in [3.05, 3.63) is 83.2 Å². The number of carboxylic acids is 1. The van der Waals surface area contributed by atoms with E-state index >= 15 is 0 Å². The van der Waals surface area contributed by atoms with Crippen LogP contribution in [-0.2, 0) is 12.8 Å². The van der Waals surface area contributed by atoms with E-state index < -0.39 is 11.8 Å². The number of rotatable bonds is 3. The van der Waals surface area contributed by atoms with Crippen LogP contribution in [0.4, 0.5) is 4.39 Å². The Labute approximate surface area is 201 Å². The number of hydrogen-bond acceptors (Lipinski definition) is 4. The largest absolute Gasteiger partial charge is 1.00 e. The fourth-order valence-corrected chi connectivity index (χ4v) is 4.32. The number of hydrogen-bond donors (Lipinski definition) is 0. The summed E-state index contributed by atoms with van der Waals surface area (Å²) >= 11 is 0. The van der Waals surface area contributed by atoms with E-state index in [2.05, 4.69) is 6.07 Å². The van der Waals surface area contributed by atoms with Crippen LogP contribution in [0.25, 0.3) is 33.3 Å². The molecule has 148 valence electrons. The van der Waals surface area contributed by atoms with Crippen LogP contribution in [0.3, 0.4) is 0 Å². The SMILES string of the molecule is COc1ccccc1-c1ccc2c(c1)CCc1c-2nc2ccc(F)cc2c1C(=O)[O-].[Na+]. The van der Waals surface area contributed by atoms with Crippen LogP contribution in [-0.4, -0.2) is 18.1 Å². The molecule has 0 saturated heterocycles. The van der Waals surface area contributed by atoms with Crippen LogP contribution >= 0.6 is 0 Å². The molecule has 31 heavy (non-hydrogen) atoms. The Balaban J connectivity index is 0.00000231. The maximum absolute atomic E-state index is 13.8. The Hall–Kier alpha value is -2.73. The van der Waals surface area contributed by atoms with Crippen LogP contribution in [0.15, 0.2) is 60.7 Å². The van der Waals surface area contributed by atoms with Gasteiger partial charge in [-0.2, -0.15) is 0 Å². The van der Waals surface area contributed by atoms with Crippen molar-refractivity contribution >= 4 is 16.9 Å². The molecule has 6 heteroatoms. The van der Waals surface area contributed by atoms with Crippen LogP contribution in [0.5, 0.6) is 5.75 Å². The molecule has 1 aromatic heterocycles. The van der Waals surface area contributed by atoms with E-state index in [4.69, 9.17) is 9.72 Å². The molecular weight excluding hydrogens is 404 g/mol. The minimum atomic E-state index is -1.31. The quantitative estimate of drug-likeness (QED) is 0.466. The van der Waals surface area contributed by atoms with Gasteiger partial charge in [0.1, 0.15) is 11.6 Å². The second kappa shape index (κ2) is 8.42. The molecule has 0 spiro atoms. The molecule has 0 amide bonds. The summed E-state index contributed by atoms with van der Waals surface area (Å²) in [7, 11) is 1.65. The topological polar surface area (TPSA) is 62.2 Å². The maximum atomic E-state index is 13.8. The summed E-state index contributed by atoms with van der Waals surface area (Å²) in [6.07, 6.45) is 1.16. The number of methoxy groups -OCH3 is 1. The first-order chi connectivity index (χ1) is 14.6. The number of nitrogens with zero attached hydrogens (tertiary/aromatic N) is 1. The number of carbonyl (C=O) groups is 1. The third-order valence-electron chi connectivity index (χ3n) is 5.67. The zero-order valence-corrected chi connectivity index (χ0v) is 19.2. The number of aryl methyl sites for hydroxylation is 1. The predicted octanol–water partition coefficient (Wildman–Crippen LogP) is 1.18. The van der Waals surface area contributed by atoms with Crippen LogP contribution in [0.2, 0.25) is 0 Å². The van der Waals surface area contributed by atoms with Crippen LogP contribution in [0, 0.1) is 5.82 Å². The van der Waals surface area contributed by atoms with Crippen molar-refractivity contribution in [2.75, 3.05) is 7.11 Å². The normalized spacial score (nSPS) is 11.9. The molecule has 3 aromatic carbocycles. The molecule has 5 rings (SSSR count). The van der Waals surface area contributed by atoms with E-state index in [-0.39, 0.29) is 40.5 Å². The fraction of sp³-hybridized carbons (Fsp3) is 0.120. The molecule has 0 unspecified atom stereocenters. The fourth-order valence-electron chi connectivity index (χ4n) is 4.32. The Morgan fingerprint density at radius 3 is 2.61 bits per heavy atom. The number of halogens is 1. The number of pyridine rings is 1. The molecule has 4 nitrogen and oxygen atoms in total. The smallest absolute Gasteiger partial charge is 0.545 e. The van der Waals surface area contributed by atoms with E-state index in [0.717, 1.165) is 28.0 Å². The Morgan fingerprint density at radius 2 is 1.84 bits per heavy atom. The van der Waals surface area contributed by atoms with Crippen molar-refractivity contribution in [3.8, 4) is 28.1 Å². The number of aromatic nitrogens is 1. The van der Waals surface area contributed by atoms with E-state index in [1.54, 1.807) is 7.11 Å². The summed E-state index contributed by atoms with van der Waals surface area (Å²) in [6.45, 7) is 0. The third-order valence-corrected chi connectivity index (χ3v) is 5.67. The number of carbonyl (C=O) groups excluding carboxylic acids is 1. The average molecular weight is 421 g/mol. The van der Waals surface area contributed by atoms with E-state index in [9.17, 15) is 14.3 Å². The van der Waals surface area contributed by atoms with E-state index in [1.807, 2.05) is 36.4 Å². The number of carboxylic acid groups (broad SMARTS) is 1. The summed E-state index contributed by atoms with van der Waals surface area (Å²) in [6, 6.07) is 17.9. The molecule has 1 heterocycles. The van der Waals surface area contributed by atoms with Crippen molar-refractivity contribution in [3.63, 3.8) is 0 Å². The number of benzene rings is 3. The number of fused-ring (bicyclic) bond motifs is 4. The number of para-hydroxylation sites is 1. The van der Waals surface area contributed by atoms with Crippen molar-refractivity contribution in [1.82, 2.24) is 4.98 Å². The Bertz CT molecular complexity index is 1340. The first-order valence-corrected chi connectivity index (χ1v) is 9.67. The van der Waals surface area contributed by atoms with Crippen LogP contribution < -0.4 is 39.4 Å².